The SMILES string of the molecule is CS(=O)(=O)OC1(C(O)CO)CC1. The second kappa shape index (κ2) is 2.95. The monoisotopic (exact) mass is 196 g/mol. The molecule has 0 aliphatic heterocycles. The molecule has 0 aromatic carbocycles. The zero-order valence-electron chi connectivity index (χ0n) is 6.73. The number of hydrogen-bond donors (Lipinski definition) is 2. The average molecular weight is 196 g/mol. The maximum Gasteiger partial charge on any atom is 0.265 e. The Morgan fingerprint density at radius 3 is 2.33 bits per heavy atom. The molecule has 1 aliphatic rings. The lowest BCUT2D eigenvalue weighted by Crippen LogP contribution is -2.35. The minimum absolute atomic E-state index is 0.474. The molecular formula is C6H12O5S. The Balaban J connectivity index is 2.62. The highest BCUT2D eigenvalue weighted by atomic mass is 32.2. The first-order chi connectivity index (χ1) is 5.40. The minimum Gasteiger partial charge on any atom is -0.394 e. The van der Waals surface area contributed by atoms with Crippen molar-refractivity contribution in [1.82, 2.24) is 0 Å². The van der Waals surface area contributed by atoms with Gasteiger partial charge >= 0.3 is 0 Å². The highest BCUT2D eigenvalue weighted by molar-refractivity contribution is 7.86. The summed E-state index contributed by atoms with van der Waals surface area (Å²) in [5.41, 5.74) is -1.04. The third kappa shape index (κ3) is 2.16. The molecule has 1 rings (SSSR count). The Bertz CT molecular complexity index is 253. The quantitative estimate of drug-likeness (QED) is 0.555. The number of hydrogen-bond acceptors (Lipinski definition) is 5. The topological polar surface area (TPSA) is 83.8 Å². The Labute approximate surface area is 71.1 Å². The summed E-state index contributed by atoms with van der Waals surface area (Å²) in [6, 6.07) is 0. The third-order valence-corrected chi connectivity index (χ3v) is 2.48. The van der Waals surface area contributed by atoms with Gasteiger partial charge in [0.05, 0.1) is 12.9 Å². The maximum atomic E-state index is 10.7. The molecule has 72 valence electrons. The fourth-order valence-electron chi connectivity index (χ4n) is 1.06. The van der Waals surface area contributed by atoms with Gasteiger partial charge in [-0.05, 0) is 12.8 Å². The summed E-state index contributed by atoms with van der Waals surface area (Å²) in [6.45, 7) is -0.477. The highest BCUT2D eigenvalue weighted by Crippen LogP contribution is 2.43. The molecule has 1 aliphatic carbocycles. The fourth-order valence-corrected chi connectivity index (χ4v) is 1.94. The van der Waals surface area contributed by atoms with Crippen LogP contribution < -0.4 is 0 Å². The van der Waals surface area contributed by atoms with E-state index in [9.17, 15) is 13.5 Å². The van der Waals surface area contributed by atoms with Gasteiger partial charge in [-0.3, -0.25) is 4.18 Å². The van der Waals surface area contributed by atoms with Crippen LogP contribution in [0.2, 0.25) is 0 Å². The Kier molecular flexibility index (Phi) is 2.44. The maximum absolute atomic E-state index is 10.7. The van der Waals surface area contributed by atoms with E-state index in [1.54, 1.807) is 0 Å². The molecule has 0 heterocycles. The van der Waals surface area contributed by atoms with Gasteiger partial charge in [0.2, 0.25) is 0 Å². The summed E-state index contributed by atoms with van der Waals surface area (Å²) in [5, 5.41) is 17.8. The van der Waals surface area contributed by atoms with E-state index >= 15 is 0 Å². The lowest BCUT2D eigenvalue weighted by molar-refractivity contribution is -0.0126. The van der Waals surface area contributed by atoms with Crippen LogP contribution >= 0.6 is 0 Å². The van der Waals surface area contributed by atoms with Crippen LogP contribution in [0.4, 0.5) is 0 Å². The van der Waals surface area contributed by atoms with Crippen LogP contribution in [0.15, 0.2) is 0 Å². The van der Waals surface area contributed by atoms with E-state index in [-0.39, 0.29) is 0 Å². The van der Waals surface area contributed by atoms with Crippen molar-refractivity contribution in [2.24, 2.45) is 0 Å². The van der Waals surface area contributed by atoms with Crippen LogP contribution in [-0.2, 0) is 14.3 Å². The molecule has 1 fully saturated rings. The van der Waals surface area contributed by atoms with Crippen molar-refractivity contribution in [1.29, 1.82) is 0 Å². The second-order valence-corrected chi connectivity index (χ2v) is 4.63. The first-order valence-corrected chi connectivity index (χ1v) is 5.41. The zero-order valence-corrected chi connectivity index (χ0v) is 7.54. The molecule has 1 saturated carbocycles. The van der Waals surface area contributed by atoms with Crippen molar-refractivity contribution in [3.8, 4) is 0 Å². The Hall–Kier alpha value is -0.170. The van der Waals surface area contributed by atoms with E-state index < -0.39 is 28.4 Å². The van der Waals surface area contributed by atoms with Gasteiger partial charge in [-0.15, -0.1) is 0 Å². The summed E-state index contributed by atoms with van der Waals surface area (Å²) in [6.07, 6.45) is 0.771. The van der Waals surface area contributed by atoms with E-state index in [0.717, 1.165) is 6.26 Å². The van der Waals surface area contributed by atoms with Gasteiger partial charge in [-0.2, -0.15) is 8.42 Å². The second-order valence-electron chi connectivity index (χ2n) is 3.05. The molecule has 0 amide bonds. The summed E-state index contributed by atoms with van der Waals surface area (Å²) < 4.78 is 26.0. The normalized spacial score (nSPS) is 23.6. The number of rotatable bonds is 4. The third-order valence-electron chi connectivity index (χ3n) is 1.84. The molecule has 0 radical (unpaired) electrons. The molecule has 2 N–H and O–H groups in total. The predicted molar refractivity (Wildman–Crippen MR) is 41.0 cm³/mol. The molecule has 6 heteroatoms. The summed E-state index contributed by atoms with van der Waals surface area (Å²) in [4.78, 5) is 0. The van der Waals surface area contributed by atoms with Crippen molar-refractivity contribution >= 4 is 10.1 Å². The van der Waals surface area contributed by atoms with Gasteiger partial charge in [-0.25, -0.2) is 0 Å². The summed E-state index contributed by atoms with van der Waals surface area (Å²) in [7, 11) is -3.55. The van der Waals surface area contributed by atoms with Crippen molar-refractivity contribution in [3.05, 3.63) is 0 Å². The van der Waals surface area contributed by atoms with Crippen LogP contribution in [0.3, 0.4) is 0 Å². The molecule has 0 bridgehead atoms. The van der Waals surface area contributed by atoms with Gasteiger partial charge < -0.3 is 10.2 Å². The van der Waals surface area contributed by atoms with Crippen LogP contribution in [0, 0.1) is 0 Å². The highest BCUT2D eigenvalue weighted by Gasteiger charge is 2.52. The van der Waals surface area contributed by atoms with Crippen molar-refractivity contribution in [3.63, 3.8) is 0 Å². The van der Waals surface area contributed by atoms with Crippen molar-refractivity contribution in [2.45, 2.75) is 24.5 Å². The molecule has 0 aromatic rings. The molecule has 0 spiro atoms. The van der Waals surface area contributed by atoms with Crippen LogP contribution in [-0.4, -0.2) is 43.2 Å². The average Bonchev–Trinajstić information content (AvgIpc) is 2.64. The summed E-state index contributed by atoms with van der Waals surface area (Å²) >= 11 is 0. The van der Waals surface area contributed by atoms with Crippen LogP contribution in [0.5, 0.6) is 0 Å². The zero-order chi connectivity index (χ0) is 9.41. The van der Waals surface area contributed by atoms with Crippen molar-refractivity contribution in [2.75, 3.05) is 12.9 Å². The first kappa shape index (κ1) is 9.91. The van der Waals surface area contributed by atoms with Crippen LogP contribution in [0.25, 0.3) is 0 Å². The minimum atomic E-state index is -3.55. The van der Waals surface area contributed by atoms with Gasteiger partial charge in [0.25, 0.3) is 10.1 Å². The molecule has 12 heavy (non-hydrogen) atoms. The lowest BCUT2D eigenvalue weighted by atomic mass is 10.2. The molecule has 0 saturated heterocycles. The van der Waals surface area contributed by atoms with Crippen molar-refractivity contribution < 1.29 is 22.8 Å². The van der Waals surface area contributed by atoms with E-state index in [4.69, 9.17) is 5.11 Å². The van der Waals surface area contributed by atoms with Gasteiger partial charge in [0.15, 0.2) is 0 Å². The Morgan fingerprint density at radius 1 is 1.58 bits per heavy atom. The molecule has 1 atom stereocenters. The van der Waals surface area contributed by atoms with Gasteiger partial charge in [-0.1, -0.05) is 0 Å². The van der Waals surface area contributed by atoms with Gasteiger partial charge in [0, 0.05) is 0 Å². The van der Waals surface area contributed by atoms with E-state index in [0.29, 0.717) is 12.8 Å². The predicted octanol–water partition coefficient (Wildman–Crippen LogP) is -1.15. The van der Waals surface area contributed by atoms with Crippen LogP contribution in [0.1, 0.15) is 12.8 Å². The molecule has 1 unspecified atom stereocenters. The van der Waals surface area contributed by atoms with E-state index in [1.165, 1.54) is 0 Å². The van der Waals surface area contributed by atoms with E-state index in [1.807, 2.05) is 0 Å². The van der Waals surface area contributed by atoms with E-state index in [2.05, 4.69) is 4.18 Å². The van der Waals surface area contributed by atoms with Gasteiger partial charge in [0.1, 0.15) is 11.7 Å². The smallest absolute Gasteiger partial charge is 0.265 e. The molecule has 0 aromatic heterocycles. The Morgan fingerprint density at radius 2 is 2.08 bits per heavy atom. The molecular weight excluding hydrogens is 184 g/mol. The first-order valence-electron chi connectivity index (χ1n) is 3.59. The lowest BCUT2D eigenvalue weighted by Gasteiger charge is -2.18. The molecule has 5 nitrogen and oxygen atoms in total. The number of aliphatic hydroxyl groups excluding tert-OH is 2. The standard InChI is InChI=1S/C6H12O5S/c1-12(9,10)11-6(2-3-6)5(8)4-7/h5,7-8H,2-4H2,1H3. The number of aliphatic hydroxyl groups is 2. The fraction of sp³-hybridized carbons (Fsp3) is 1.00. The largest absolute Gasteiger partial charge is 0.394 e. The summed E-state index contributed by atoms with van der Waals surface area (Å²) in [5.74, 6) is 0.